The number of rotatable bonds is 3. The Morgan fingerprint density at radius 1 is 1.42 bits per heavy atom. The molecule has 0 aromatic heterocycles. The summed E-state index contributed by atoms with van der Waals surface area (Å²) in [6.45, 7) is 5.47. The predicted molar refractivity (Wildman–Crippen MR) is 53.1 cm³/mol. The molecule has 12 heavy (non-hydrogen) atoms. The molecule has 0 saturated carbocycles. The molecule has 3 nitrogen and oxygen atoms in total. The van der Waals surface area contributed by atoms with Gasteiger partial charge in [-0.05, 0) is 12.8 Å². The summed E-state index contributed by atoms with van der Waals surface area (Å²) in [5, 5.41) is 0. The molecular weight excluding hydrogens is 152 g/mol. The molecule has 0 unspecified atom stereocenters. The first-order valence-corrected chi connectivity index (χ1v) is 4.07. The maximum Gasteiger partial charge on any atom is 0.214 e. The zero-order valence-electron chi connectivity index (χ0n) is 8.08. The summed E-state index contributed by atoms with van der Waals surface area (Å²) in [6.07, 6.45) is 7.86. The monoisotopic (exact) mass is 170 g/mol. The van der Waals surface area contributed by atoms with Crippen LogP contribution in [-0.4, -0.2) is 12.1 Å². The van der Waals surface area contributed by atoms with Crippen molar-refractivity contribution in [1.82, 2.24) is 0 Å². The maximum absolute atomic E-state index is 9.22. The Balaban J connectivity index is 0. The van der Waals surface area contributed by atoms with Gasteiger partial charge in [0.05, 0.1) is 0 Å². The third-order valence-corrected chi connectivity index (χ3v) is 0.715. The molecule has 0 bridgehead atoms. The van der Waals surface area contributed by atoms with Gasteiger partial charge in [0.1, 0.15) is 0 Å². The highest BCUT2D eigenvalue weighted by Gasteiger charge is 1.62. The minimum Gasteiger partial charge on any atom is -0.370 e. The number of nitrogens with two attached hydrogens (primary N) is 1. The summed E-state index contributed by atoms with van der Waals surface area (Å²) < 4.78 is 0. The molecule has 2 N–H and O–H groups in total. The number of primary amides is 1. The van der Waals surface area contributed by atoms with Gasteiger partial charge in [0.15, 0.2) is 0 Å². The SMILES string of the molecule is CC(N)=O.CCC=N/C=C\CC. The summed E-state index contributed by atoms with van der Waals surface area (Å²) >= 11 is 0. The van der Waals surface area contributed by atoms with Crippen LogP contribution in [0, 0.1) is 0 Å². The van der Waals surface area contributed by atoms with E-state index in [9.17, 15) is 4.79 Å². The van der Waals surface area contributed by atoms with E-state index in [-0.39, 0.29) is 5.91 Å². The van der Waals surface area contributed by atoms with Gasteiger partial charge in [0.25, 0.3) is 0 Å². The Bertz CT molecular complexity index is 135. The number of carbonyl (C=O) groups is 1. The lowest BCUT2D eigenvalue weighted by Crippen LogP contribution is -2.01. The molecule has 0 heterocycles. The summed E-state index contributed by atoms with van der Waals surface area (Å²) in [6, 6.07) is 0. The van der Waals surface area contributed by atoms with Gasteiger partial charge in [-0.3, -0.25) is 9.79 Å². The lowest BCUT2D eigenvalue weighted by Gasteiger charge is -1.74. The summed E-state index contributed by atoms with van der Waals surface area (Å²) in [7, 11) is 0. The quantitative estimate of drug-likeness (QED) is 0.646. The molecule has 0 fully saturated rings. The fourth-order valence-corrected chi connectivity index (χ4v) is 0.333. The molecule has 0 saturated heterocycles. The van der Waals surface area contributed by atoms with Crippen LogP contribution in [0.3, 0.4) is 0 Å². The van der Waals surface area contributed by atoms with Crippen LogP contribution >= 0.6 is 0 Å². The topological polar surface area (TPSA) is 55.5 Å². The molecule has 0 rings (SSSR count). The van der Waals surface area contributed by atoms with Crippen LogP contribution < -0.4 is 5.73 Å². The number of hydrogen-bond donors (Lipinski definition) is 1. The molecule has 3 heteroatoms. The fraction of sp³-hybridized carbons (Fsp3) is 0.556. The Morgan fingerprint density at radius 3 is 2.25 bits per heavy atom. The molecule has 0 aromatic rings. The zero-order chi connectivity index (χ0) is 9.82. The van der Waals surface area contributed by atoms with E-state index in [0.717, 1.165) is 12.8 Å². The summed E-state index contributed by atoms with van der Waals surface area (Å²) in [5.74, 6) is -0.333. The zero-order valence-corrected chi connectivity index (χ0v) is 8.08. The van der Waals surface area contributed by atoms with E-state index in [1.54, 1.807) is 0 Å². The highest BCUT2D eigenvalue weighted by molar-refractivity contribution is 5.70. The van der Waals surface area contributed by atoms with Gasteiger partial charge in [-0.1, -0.05) is 19.9 Å². The smallest absolute Gasteiger partial charge is 0.214 e. The van der Waals surface area contributed by atoms with Crippen LogP contribution in [0.4, 0.5) is 0 Å². The van der Waals surface area contributed by atoms with Crippen molar-refractivity contribution in [3.05, 3.63) is 12.3 Å². The molecule has 0 atom stereocenters. The molecule has 0 aliphatic heterocycles. The van der Waals surface area contributed by atoms with Crippen molar-refractivity contribution < 1.29 is 4.79 Å². The van der Waals surface area contributed by atoms with E-state index in [4.69, 9.17) is 0 Å². The Morgan fingerprint density at radius 2 is 1.92 bits per heavy atom. The highest BCUT2D eigenvalue weighted by atomic mass is 16.1. The van der Waals surface area contributed by atoms with Crippen LogP contribution in [0.2, 0.25) is 0 Å². The van der Waals surface area contributed by atoms with E-state index >= 15 is 0 Å². The van der Waals surface area contributed by atoms with Gasteiger partial charge < -0.3 is 5.73 Å². The van der Waals surface area contributed by atoms with Gasteiger partial charge >= 0.3 is 0 Å². The minimum absolute atomic E-state index is 0.333. The van der Waals surface area contributed by atoms with E-state index in [1.807, 2.05) is 18.5 Å². The first-order chi connectivity index (χ1) is 5.65. The lowest BCUT2D eigenvalue weighted by atomic mass is 10.5. The second-order valence-electron chi connectivity index (χ2n) is 2.14. The molecule has 0 spiro atoms. The number of allylic oxidation sites excluding steroid dienone is 1. The largest absolute Gasteiger partial charge is 0.370 e. The van der Waals surface area contributed by atoms with Gasteiger partial charge in [0, 0.05) is 19.3 Å². The normalized spacial score (nSPS) is 9.92. The van der Waals surface area contributed by atoms with Crippen LogP contribution in [-0.2, 0) is 4.79 Å². The lowest BCUT2D eigenvalue weighted by molar-refractivity contribution is -0.115. The van der Waals surface area contributed by atoms with E-state index < -0.39 is 0 Å². The van der Waals surface area contributed by atoms with Crippen molar-refractivity contribution in [2.75, 3.05) is 0 Å². The Kier molecular flexibility index (Phi) is 14.1. The molecule has 0 aliphatic rings. The average Bonchev–Trinajstić information content (AvgIpc) is 1.97. The Hall–Kier alpha value is -1.12. The highest BCUT2D eigenvalue weighted by Crippen LogP contribution is 1.79. The average molecular weight is 170 g/mol. The van der Waals surface area contributed by atoms with Crippen LogP contribution in [0.25, 0.3) is 0 Å². The summed E-state index contributed by atoms with van der Waals surface area (Å²) in [5.41, 5.74) is 4.47. The van der Waals surface area contributed by atoms with E-state index in [0.29, 0.717) is 0 Å². The van der Waals surface area contributed by atoms with Crippen molar-refractivity contribution in [1.29, 1.82) is 0 Å². The molecule has 0 radical (unpaired) electrons. The number of carbonyl (C=O) groups excluding carboxylic acids is 1. The number of nitrogens with zero attached hydrogens (tertiary/aromatic N) is 1. The van der Waals surface area contributed by atoms with Gasteiger partial charge in [0.2, 0.25) is 5.91 Å². The van der Waals surface area contributed by atoms with Gasteiger partial charge in [-0.25, -0.2) is 0 Å². The number of aliphatic imine (C=N–C) groups is 1. The van der Waals surface area contributed by atoms with Crippen LogP contribution in [0.15, 0.2) is 17.3 Å². The second kappa shape index (κ2) is 12.5. The van der Waals surface area contributed by atoms with Crippen molar-refractivity contribution in [2.24, 2.45) is 10.7 Å². The first-order valence-electron chi connectivity index (χ1n) is 4.07. The first kappa shape index (κ1) is 13.5. The number of hydrogen-bond acceptors (Lipinski definition) is 2. The minimum atomic E-state index is -0.333. The van der Waals surface area contributed by atoms with E-state index in [2.05, 4.69) is 24.6 Å². The number of amides is 1. The predicted octanol–water partition coefficient (Wildman–Crippen LogP) is 1.88. The Labute approximate surface area is 74.4 Å². The molecule has 1 amide bonds. The third kappa shape index (κ3) is 36.6. The van der Waals surface area contributed by atoms with Crippen LogP contribution in [0.1, 0.15) is 33.6 Å². The van der Waals surface area contributed by atoms with Crippen molar-refractivity contribution in [3.8, 4) is 0 Å². The van der Waals surface area contributed by atoms with Gasteiger partial charge in [-0.15, -0.1) is 0 Å². The van der Waals surface area contributed by atoms with E-state index in [1.165, 1.54) is 6.92 Å². The van der Waals surface area contributed by atoms with Crippen molar-refractivity contribution in [2.45, 2.75) is 33.6 Å². The van der Waals surface area contributed by atoms with Gasteiger partial charge in [-0.2, -0.15) is 0 Å². The maximum atomic E-state index is 9.22. The fourth-order valence-electron chi connectivity index (χ4n) is 0.333. The molecule has 0 aliphatic carbocycles. The standard InChI is InChI=1S/C7H13N.C2H5NO/c1-3-5-7-8-6-4-2;1-2(3)4/h5-7H,3-4H2,1-2H3;1H3,(H2,3,4)/b7-5-,8-6?;. The van der Waals surface area contributed by atoms with Crippen molar-refractivity contribution in [3.63, 3.8) is 0 Å². The molecular formula is C9H18N2O. The molecule has 70 valence electrons. The third-order valence-electron chi connectivity index (χ3n) is 0.715. The second-order valence-corrected chi connectivity index (χ2v) is 2.14. The molecule has 0 aromatic carbocycles. The van der Waals surface area contributed by atoms with Crippen LogP contribution in [0.5, 0.6) is 0 Å². The van der Waals surface area contributed by atoms with Crippen molar-refractivity contribution >= 4 is 12.1 Å². The summed E-state index contributed by atoms with van der Waals surface area (Å²) in [4.78, 5) is 13.2.